The zero-order valence-corrected chi connectivity index (χ0v) is 15.3. The molecule has 2 bridgehead atoms. The fourth-order valence-electron chi connectivity index (χ4n) is 4.98. The molecule has 3 aliphatic heterocycles. The Hall–Kier alpha value is -1.72. The first kappa shape index (κ1) is 16.7. The number of rotatable bonds is 4. The minimum atomic E-state index is -0.659. The van der Waals surface area contributed by atoms with Crippen molar-refractivity contribution >= 4 is 11.8 Å². The molecule has 0 spiro atoms. The lowest BCUT2D eigenvalue weighted by molar-refractivity contribution is -0.142. The maximum absolute atomic E-state index is 11.1. The number of aliphatic carboxylic acids is 1. The van der Waals surface area contributed by atoms with E-state index in [9.17, 15) is 4.79 Å². The molecule has 6 nitrogen and oxygen atoms in total. The molecule has 138 valence electrons. The average molecular weight is 346 g/mol. The number of hydrogen-bond acceptors (Lipinski definition) is 4. The molecule has 2 aliphatic carbocycles. The van der Waals surface area contributed by atoms with Gasteiger partial charge in [0.25, 0.3) is 0 Å². The van der Waals surface area contributed by atoms with E-state index in [4.69, 9.17) is 15.9 Å². The van der Waals surface area contributed by atoms with Crippen molar-refractivity contribution in [3.8, 4) is 0 Å². The van der Waals surface area contributed by atoms with Crippen molar-refractivity contribution in [2.24, 2.45) is 34.5 Å². The molecular weight excluding hydrogens is 316 g/mol. The van der Waals surface area contributed by atoms with E-state index in [1.165, 1.54) is 18.4 Å². The van der Waals surface area contributed by atoms with Gasteiger partial charge in [0.15, 0.2) is 5.84 Å². The van der Waals surface area contributed by atoms with Gasteiger partial charge in [-0.1, -0.05) is 6.92 Å². The Morgan fingerprint density at radius 2 is 2.00 bits per heavy atom. The Labute approximate surface area is 149 Å². The summed E-state index contributed by atoms with van der Waals surface area (Å²) in [6.07, 6.45) is 4.82. The Kier molecular flexibility index (Phi) is 4.16. The number of nitrogens with two attached hydrogens (primary N) is 1. The number of carbonyl (C=O) groups is 1. The summed E-state index contributed by atoms with van der Waals surface area (Å²) >= 11 is 0. The monoisotopic (exact) mass is 346 g/mol. The average Bonchev–Trinajstić information content (AvgIpc) is 2.91. The summed E-state index contributed by atoms with van der Waals surface area (Å²) in [5, 5.41) is 16.3. The van der Waals surface area contributed by atoms with Crippen LogP contribution in [0.4, 0.5) is 0 Å². The van der Waals surface area contributed by atoms with E-state index in [0.29, 0.717) is 36.1 Å². The molecule has 6 heteroatoms. The number of allylic oxidation sites excluding steroid dienone is 1. The maximum Gasteiger partial charge on any atom is 0.303 e. The van der Waals surface area contributed by atoms with E-state index in [-0.39, 0.29) is 0 Å². The fourth-order valence-corrected chi connectivity index (χ4v) is 4.98. The molecule has 1 saturated carbocycles. The van der Waals surface area contributed by atoms with Crippen LogP contribution >= 0.6 is 0 Å². The lowest BCUT2D eigenvalue weighted by Crippen LogP contribution is -2.58. The molecule has 0 radical (unpaired) electrons. The SMILES string of the molecule is C[C@@H]1CCC(C(=NN2CC[C@@H]2C)N2C[C@H]3C[C@@H](C2)C3CC(=O)O)=C1N. The summed E-state index contributed by atoms with van der Waals surface area (Å²) in [5.41, 5.74) is 8.66. The lowest BCUT2D eigenvalue weighted by atomic mass is 9.60. The van der Waals surface area contributed by atoms with E-state index < -0.39 is 5.97 Å². The van der Waals surface area contributed by atoms with Gasteiger partial charge in [-0.15, -0.1) is 0 Å². The third kappa shape index (κ3) is 2.89. The molecule has 3 saturated heterocycles. The van der Waals surface area contributed by atoms with Gasteiger partial charge in [-0.25, -0.2) is 0 Å². The summed E-state index contributed by atoms with van der Waals surface area (Å²) in [6, 6.07) is 0.509. The van der Waals surface area contributed by atoms with Crippen molar-refractivity contribution < 1.29 is 9.90 Å². The van der Waals surface area contributed by atoms with Crippen LogP contribution in [0.25, 0.3) is 0 Å². The number of piperidine rings is 2. The number of fused-ring (bicyclic) bond motifs is 2. The van der Waals surface area contributed by atoms with Gasteiger partial charge in [0.2, 0.25) is 0 Å². The second kappa shape index (κ2) is 6.22. The van der Waals surface area contributed by atoms with Crippen molar-refractivity contribution in [1.29, 1.82) is 0 Å². The van der Waals surface area contributed by atoms with Gasteiger partial charge < -0.3 is 15.7 Å². The molecule has 0 aromatic rings. The van der Waals surface area contributed by atoms with E-state index in [2.05, 4.69) is 23.8 Å². The minimum Gasteiger partial charge on any atom is -0.481 e. The number of hydrogen-bond donors (Lipinski definition) is 2. The minimum absolute atomic E-state index is 0.320. The molecule has 5 aliphatic rings. The summed E-state index contributed by atoms with van der Waals surface area (Å²) in [7, 11) is 0. The van der Waals surface area contributed by atoms with Gasteiger partial charge in [0.1, 0.15) is 0 Å². The first-order valence-corrected chi connectivity index (χ1v) is 9.75. The molecule has 3 N–H and O–H groups in total. The van der Waals surface area contributed by atoms with Crippen molar-refractivity contribution in [2.45, 2.75) is 52.0 Å². The van der Waals surface area contributed by atoms with Gasteiger partial charge in [-0.05, 0) is 56.3 Å². The Balaban J connectivity index is 1.55. The van der Waals surface area contributed by atoms with Gasteiger partial charge in [0, 0.05) is 43.4 Å². The van der Waals surface area contributed by atoms with Crippen molar-refractivity contribution in [1.82, 2.24) is 9.91 Å². The zero-order valence-electron chi connectivity index (χ0n) is 15.3. The molecule has 3 heterocycles. The maximum atomic E-state index is 11.1. The van der Waals surface area contributed by atoms with E-state index >= 15 is 0 Å². The fraction of sp³-hybridized carbons (Fsp3) is 0.789. The van der Waals surface area contributed by atoms with Crippen LogP contribution in [0.5, 0.6) is 0 Å². The van der Waals surface area contributed by atoms with Gasteiger partial charge >= 0.3 is 5.97 Å². The highest BCUT2D eigenvalue weighted by molar-refractivity contribution is 5.99. The highest BCUT2D eigenvalue weighted by atomic mass is 16.4. The third-order valence-corrected chi connectivity index (χ3v) is 6.92. The largest absolute Gasteiger partial charge is 0.481 e. The molecule has 25 heavy (non-hydrogen) atoms. The third-order valence-electron chi connectivity index (χ3n) is 6.92. The lowest BCUT2D eigenvalue weighted by Gasteiger charge is -2.54. The number of amidine groups is 1. The number of carboxylic acids is 1. The first-order chi connectivity index (χ1) is 11.9. The molecule has 1 unspecified atom stereocenters. The van der Waals surface area contributed by atoms with E-state index in [1.807, 2.05) is 0 Å². The van der Waals surface area contributed by atoms with E-state index in [1.54, 1.807) is 0 Å². The topological polar surface area (TPSA) is 82.2 Å². The standard InChI is InChI=1S/C19H30N4O2/c1-11-3-4-15(18(11)20)19(21-23-6-5-12(23)2)22-9-13-7-14(10-22)16(13)8-17(24)25/h11-14,16H,3-10,20H2,1-2H3,(H,24,25)/t11-,12+,13-,14+,16?/m1/s1. The predicted molar refractivity (Wildman–Crippen MR) is 96.7 cm³/mol. The van der Waals surface area contributed by atoms with Gasteiger partial charge in [-0.3, -0.25) is 9.80 Å². The Morgan fingerprint density at radius 3 is 2.48 bits per heavy atom. The predicted octanol–water partition coefficient (Wildman–Crippen LogP) is 2.08. The quantitative estimate of drug-likeness (QED) is 0.602. The highest BCUT2D eigenvalue weighted by Crippen LogP contribution is 2.48. The van der Waals surface area contributed by atoms with E-state index in [0.717, 1.165) is 44.0 Å². The van der Waals surface area contributed by atoms with Crippen LogP contribution in [-0.4, -0.2) is 52.5 Å². The number of carboxylic acid groups (broad SMARTS) is 1. The number of nitrogens with zero attached hydrogens (tertiary/aromatic N) is 3. The molecule has 5 atom stereocenters. The molecule has 0 aromatic carbocycles. The van der Waals surface area contributed by atoms with Crippen molar-refractivity contribution in [3.05, 3.63) is 11.3 Å². The zero-order chi connectivity index (χ0) is 17.7. The first-order valence-electron chi connectivity index (χ1n) is 9.75. The van der Waals surface area contributed by atoms with Crippen LogP contribution in [0, 0.1) is 23.7 Å². The molecular formula is C19H30N4O2. The van der Waals surface area contributed by atoms with Crippen LogP contribution in [-0.2, 0) is 4.79 Å². The van der Waals surface area contributed by atoms with Crippen LogP contribution < -0.4 is 5.73 Å². The van der Waals surface area contributed by atoms with Crippen molar-refractivity contribution in [3.63, 3.8) is 0 Å². The second-order valence-corrected chi connectivity index (χ2v) is 8.52. The normalized spacial score (nSPS) is 37.8. The summed E-state index contributed by atoms with van der Waals surface area (Å²) in [4.78, 5) is 13.5. The van der Waals surface area contributed by atoms with Gasteiger partial charge in [-0.2, -0.15) is 5.10 Å². The van der Waals surface area contributed by atoms with Crippen LogP contribution in [0.2, 0.25) is 0 Å². The molecule has 0 amide bonds. The Morgan fingerprint density at radius 1 is 1.28 bits per heavy atom. The summed E-state index contributed by atoms with van der Waals surface area (Å²) in [6.45, 7) is 7.30. The van der Waals surface area contributed by atoms with Crippen molar-refractivity contribution in [2.75, 3.05) is 19.6 Å². The summed E-state index contributed by atoms with van der Waals surface area (Å²) in [5.74, 6) is 2.20. The summed E-state index contributed by atoms with van der Waals surface area (Å²) < 4.78 is 0. The van der Waals surface area contributed by atoms with Crippen LogP contribution in [0.1, 0.15) is 46.0 Å². The molecule has 5 rings (SSSR count). The van der Waals surface area contributed by atoms with Crippen LogP contribution in [0.15, 0.2) is 16.4 Å². The van der Waals surface area contributed by atoms with Crippen LogP contribution in [0.3, 0.4) is 0 Å². The Bertz CT molecular complexity index is 617. The smallest absolute Gasteiger partial charge is 0.303 e. The second-order valence-electron chi connectivity index (χ2n) is 8.52. The molecule has 4 fully saturated rings. The highest BCUT2D eigenvalue weighted by Gasteiger charge is 2.48. The van der Waals surface area contributed by atoms with Gasteiger partial charge in [0.05, 0.1) is 0 Å². The number of hydrazone groups is 1. The molecule has 0 aromatic heterocycles.